The summed E-state index contributed by atoms with van der Waals surface area (Å²) in [6.45, 7) is 5.85. The Morgan fingerprint density at radius 1 is 0.944 bits per heavy atom. The molecule has 2 heterocycles. The summed E-state index contributed by atoms with van der Waals surface area (Å²) in [7, 11) is 1.79. The first-order valence-corrected chi connectivity index (χ1v) is 12.0. The standard InChI is InChI=1S/C29H33N3O2.2ClH/c1-23-8-3-4-10-26(23)22-32(18-15-24-9-7-16-30-21-24)17-5-6-19-34-27-12-13-28-25(20-27)11-14-29(33)31(28)2;;/h3-4,7-14,16,20-21H,5-6,15,17-19,22H2,1-2H3;2*1H. The minimum atomic E-state index is -0.0000497. The van der Waals surface area contributed by atoms with Gasteiger partial charge in [-0.2, -0.15) is 0 Å². The zero-order valence-electron chi connectivity index (χ0n) is 20.9. The van der Waals surface area contributed by atoms with Gasteiger partial charge in [0.05, 0.1) is 12.1 Å². The maximum Gasteiger partial charge on any atom is 0.250 e. The van der Waals surface area contributed by atoms with E-state index in [1.54, 1.807) is 17.7 Å². The third-order valence-corrected chi connectivity index (χ3v) is 6.33. The predicted molar refractivity (Wildman–Crippen MR) is 153 cm³/mol. The Bertz CT molecular complexity index is 1280. The van der Waals surface area contributed by atoms with Gasteiger partial charge in [0, 0.05) is 44.0 Å². The predicted octanol–water partition coefficient (Wildman–Crippen LogP) is 5.99. The van der Waals surface area contributed by atoms with Crippen molar-refractivity contribution in [2.75, 3.05) is 19.7 Å². The van der Waals surface area contributed by atoms with Gasteiger partial charge in [-0.3, -0.25) is 14.7 Å². The average Bonchev–Trinajstić information content (AvgIpc) is 2.86. The summed E-state index contributed by atoms with van der Waals surface area (Å²) in [6.07, 6.45) is 6.84. The molecule has 0 amide bonds. The van der Waals surface area contributed by atoms with Gasteiger partial charge in [-0.15, -0.1) is 24.8 Å². The van der Waals surface area contributed by atoms with E-state index < -0.39 is 0 Å². The van der Waals surface area contributed by atoms with E-state index in [0.29, 0.717) is 6.61 Å². The lowest BCUT2D eigenvalue weighted by Crippen LogP contribution is -2.27. The molecule has 0 bridgehead atoms. The molecule has 0 aliphatic carbocycles. The molecule has 7 heteroatoms. The van der Waals surface area contributed by atoms with Crippen LogP contribution < -0.4 is 10.3 Å². The topological polar surface area (TPSA) is 47.4 Å². The van der Waals surface area contributed by atoms with E-state index in [9.17, 15) is 4.79 Å². The van der Waals surface area contributed by atoms with Gasteiger partial charge in [0.25, 0.3) is 5.56 Å². The molecule has 0 fully saturated rings. The number of nitrogens with zero attached hydrogens (tertiary/aromatic N) is 3. The first kappa shape index (κ1) is 29.4. The van der Waals surface area contributed by atoms with Crippen LogP contribution in [0.25, 0.3) is 10.9 Å². The number of rotatable bonds is 11. The normalized spacial score (nSPS) is 10.6. The van der Waals surface area contributed by atoms with E-state index in [2.05, 4.69) is 47.1 Å². The monoisotopic (exact) mass is 527 g/mol. The second kappa shape index (κ2) is 14.6. The molecule has 0 saturated carbocycles. The van der Waals surface area contributed by atoms with E-state index in [4.69, 9.17) is 4.74 Å². The van der Waals surface area contributed by atoms with Crippen molar-refractivity contribution in [2.45, 2.75) is 32.7 Å². The molecular weight excluding hydrogens is 493 g/mol. The van der Waals surface area contributed by atoms with E-state index in [1.165, 1.54) is 16.7 Å². The van der Waals surface area contributed by atoms with Crippen molar-refractivity contribution in [3.05, 3.63) is 106 Å². The summed E-state index contributed by atoms with van der Waals surface area (Å²) in [4.78, 5) is 18.6. The van der Waals surface area contributed by atoms with Crippen LogP contribution in [0.3, 0.4) is 0 Å². The summed E-state index contributed by atoms with van der Waals surface area (Å²) < 4.78 is 7.68. The van der Waals surface area contributed by atoms with Gasteiger partial charge in [-0.1, -0.05) is 30.3 Å². The first-order chi connectivity index (χ1) is 16.6. The highest BCUT2D eigenvalue weighted by Gasteiger charge is 2.09. The molecule has 192 valence electrons. The molecule has 0 spiro atoms. The molecule has 0 aliphatic heterocycles. The van der Waals surface area contributed by atoms with Gasteiger partial charge in [0.2, 0.25) is 0 Å². The molecule has 36 heavy (non-hydrogen) atoms. The van der Waals surface area contributed by atoms with Crippen LogP contribution >= 0.6 is 24.8 Å². The highest BCUT2D eigenvalue weighted by atomic mass is 35.5. The van der Waals surface area contributed by atoms with Crippen LogP contribution in [0.1, 0.15) is 29.5 Å². The number of unbranched alkanes of at least 4 members (excludes halogenated alkanes) is 1. The van der Waals surface area contributed by atoms with Gasteiger partial charge in [-0.25, -0.2) is 0 Å². The molecule has 4 rings (SSSR count). The number of ether oxygens (including phenoxy) is 1. The third-order valence-electron chi connectivity index (χ3n) is 6.33. The molecule has 0 aliphatic rings. The Kier molecular flexibility index (Phi) is 11.9. The molecule has 4 aromatic rings. The maximum atomic E-state index is 11.8. The van der Waals surface area contributed by atoms with Crippen LogP contribution in [0.15, 0.2) is 83.9 Å². The molecule has 2 aromatic heterocycles. The molecule has 0 radical (unpaired) electrons. The minimum absolute atomic E-state index is 0. The fraction of sp³-hybridized carbons (Fsp3) is 0.310. The number of halogens is 2. The van der Waals surface area contributed by atoms with E-state index >= 15 is 0 Å². The number of hydrogen-bond donors (Lipinski definition) is 0. The van der Waals surface area contributed by atoms with Crippen molar-refractivity contribution in [1.29, 1.82) is 0 Å². The zero-order chi connectivity index (χ0) is 23.8. The van der Waals surface area contributed by atoms with Crippen molar-refractivity contribution in [2.24, 2.45) is 7.05 Å². The Balaban J connectivity index is 0.00000228. The summed E-state index contributed by atoms with van der Waals surface area (Å²) in [5, 5.41) is 1.01. The van der Waals surface area contributed by atoms with Gasteiger partial charge in [0.1, 0.15) is 5.75 Å². The summed E-state index contributed by atoms with van der Waals surface area (Å²) >= 11 is 0. The minimum Gasteiger partial charge on any atom is -0.494 e. The lowest BCUT2D eigenvalue weighted by molar-refractivity contribution is 0.245. The van der Waals surface area contributed by atoms with Crippen molar-refractivity contribution in [1.82, 2.24) is 14.5 Å². The number of hydrogen-bond acceptors (Lipinski definition) is 4. The van der Waals surface area contributed by atoms with Gasteiger partial charge in [-0.05, 0) is 79.8 Å². The lowest BCUT2D eigenvalue weighted by Gasteiger charge is -2.23. The summed E-state index contributed by atoms with van der Waals surface area (Å²) in [5.41, 5.74) is 4.91. The molecular formula is C29H35Cl2N3O2. The maximum absolute atomic E-state index is 11.8. The van der Waals surface area contributed by atoms with Crippen LogP contribution in [-0.2, 0) is 20.0 Å². The van der Waals surface area contributed by atoms with Crippen LogP contribution in [0.2, 0.25) is 0 Å². The van der Waals surface area contributed by atoms with Gasteiger partial charge < -0.3 is 9.30 Å². The number of pyridine rings is 2. The van der Waals surface area contributed by atoms with Crippen molar-refractivity contribution in [3.8, 4) is 5.75 Å². The SMILES string of the molecule is Cc1ccccc1CN(CCCCOc1ccc2c(ccc(=O)n2C)c1)CCc1cccnc1.Cl.Cl. The quantitative estimate of drug-likeness (QED) is 0.225. The van der Waals surface area contributed by atoms with Crippen LogP contribution in [0.4, 0.5) is 0 Å². The summed E-state index contributed by atoms with van der Waals surface area (Å²) in [6, 6.07) is 22.1. The molecule has 0 N–H and O–H groups in total. The lowest BCUT2D eigenvalue weighted by atomic mass is 10.1. The van der Waals surface area contributed by atoms with E-state index in [0.717, 1.165) is 55.5 Å². The van der Waals surface area contributed by atoms with Crippen LogP contribution in [0, 0.1) is 6.92 Å². The fourth-order valence-corrected chi connectivity index (χ4v) is 4.21. The Morgan fingerprint density at radius 3 is 2.56 bits per heavy atom. The van der Waals surface area contributed by atoms with Gasteiger partial charge >= 0.3 is 0 Å². The Labute approximate surface area is 226 Å². The second-order valence-electron chi connectivity index (χ2n) is 8.82. The van der Waals surface area contributed by atoms with E-state index in [1.807, 2.05) is 42.7 Å². The van der Waals surface area contributed by atoms with Crippen LogP contribution in [0.5, 0.6) is 5.75 Å². The summed E-state index contributed by atoms with van der Waals surface area (Å²) in [5.74, 6) is 0.847. The van der Waals surface area contributed by atoms with Crippen molar-refractivity contribution in [3.63, 3.8) is 0 Å². The average molecular weight is 529 g/mol. The molecule has 2 aromatic carbocycles. The van der Waals surface area contributed by atoms with Gasteiger partial charge in [0.15, 0.2) is 0 Å². The van der Waals surface area contributed by atoms with E-state index in [-0.39, 0.29) is 30.4 Å². The van der Waals surface area contributed by atoms with Crippen molar-refractivity contribution >= 4 is 35.7 Å². The van der Waals surface area contributed by atoms with Crippen molar-refractivity contribution < 1.29 is 4.74 Å². The number of aryl methyl sites for hydroxylation is 2. The van der Waals surface area contributed by atoms with Crippen LogP contribution in [-0.4, -0.2) is 34.1 Å². The highest BCUT2D eigenvalue weighted by Crippen LogP contribution is 2.20. The molecule has 0 atom stereocenters. The number of benzene rings is 2. The largest absolute Gasteiger partial charge is 0.494 e. The smallest absolute Gasteiger partial charge is 0.250 e. The zero-order valence-corrected chi connectivity index (χ0v) is 22.6. The first-order valence-electron chi connectivity index (χ1n) is 12.0. The Morgan fingerprint density at radius 2 is 1.78 bits per heavy atom. The fourth-order valence-electron chi connectivity index (χ4n) is 4.21. The molecule has 5 nitrogen and oxygen atoms in total. The highest BCUT2D eigenvalue weighted by molar-refractivity contribution is 5.85. The third kappa shape index (κ3) is 8.09. The molecule has 0 unspecified atom stereocenters. The molecule has 0 saturated heterocycles. The number of fused-ring (bicyclic) bond motifs is 1. The number of aromatic nitrogens is 2. The Hall–Kier alpha value is -2.86. The second-order valence-corrected chi connectivity index (χ2v) is 8.82.